The predicted octanol–water partition coefficient (Wildman–Crippen LogP) is 8.18. The van der Waals surface area contributed by atoms with Gasteiger partial charge in [-0.15, -0.1) is 0 Å². The minimum absolute atomic E-state index is 0.334. The van der Waals surface area contributed by atoms with Crippen LogP contribution in [0.1, 0.15) is 100 Å². The quantitative estimate of drug-likeness (QED) is 0.202. The molecular weight excluding hydrogens is 396 g/mol. The lowest BCUT2D eigenvalue weighted by Gasteiger charge is -2.29. The Kier molecular flexibility index (Phi) is 9.64. The van der Waals surface area contributed by atoms with E-state index in [4.69, 9.17) is 9.47 Å². The maximum Gasteiger partial charge on any atom is 0.343 e. The van der Waals surface area contributed by atoms with Crippen molar-refractivity contribution in [3.63, 3.8) is 0 Å². The van der Waals surface area contributed by atoms with Crippen molar-refractivity contribution in [1.29, 1.82) is 0 Å². The van der Waals surface area contributed by atoms with Gasteiger partial charge in [-0.1, -0.05) is 65.0 Å². The Hall–Kier alpha value is -2.29. The van der Waals surface area contributed by atoms with E-state index < -0.39 is 0 Å². The summed E-state index contributed by atoms with van der Waals surface area (Å²) in [5, 5.41) is 0. The van der Waals surface area contributed by atoms with Crippen molar-refractivity contribution in [1.82, 2.24) is 0 Å². The maximum absolute atomic E-state index is 12.5. The van der Waals surface area contributed by atoms with E-state index in [1.165, 1.54) is 56.9 Å². The van der Waals surface area contributed by atoms with E-state index in [-0.39, 0.29) is 5.97 Å². The van der Waals surface area contributed by atoms with Gasteiger partial charge in [0, 0.05) is 0 Å². The van der Waals surface area contributed by atoms with Crippen molar-refractivity contribution >= 4 is 5.97 Å². The van der Waals surface area contributed by atoms with Crippen molar-refractivity contribution in [3.8, 4) is 11.5 Å². The molecule has 1 atom stereocenters. The van der Waals surface area contributed by atoms with E-state index in [2.05, 4.69) is 32.9 Å². The summed E-state index contributed by atoms with van der Waals surface area (Å²) >= 11 is 0. The monoisotopic (exact) mass is 436 g/mol. The molecule has 2 aromatic carbocycles. The molecule has 3 nitrogen and oxygen atoms in total. The summed E-state index contributed by atoms with van der Waals surface area (Å²) in [7, 11) is 0. The Morgan fingerprint density at radius 1 is 0.906 bits per heavy atom. The lowest BCUT2D eigenvalue weighted by molar-refractivity contribution is 0.0734. The molecule has 2 aromatic rings. The molecule has 0 spiro atoms. The molecular formula is C29H40O3. The van der Waals surface area contributed by atoms with Crippen LogP contribution in [0.2, 0.25) is 0 Å². The van der Waals surface area contributed by atoms with Gasteiger partial charge in [0.05, 0.1) is 12.2 Å². The first kappa shape index (κ1) is 24.4. The highest BCUT2D eigenvalue weighted by molar-refractivity contribution is 5.91. The van der Waals surface area contributed by atoms with E-state index in [9.17, 15) is 4.79 Å². The van der Waals surface area contributed by atoms with Gasteiger partial charge in [-0.25, -0.2) is 4.79 Å². The second-order valence-electron chi connectivity index (χ2n) is 9.52. The van der Waals surface area contributed by atoms with Crippen LogP contribution in [0.5, 0.6) is 11.5 Å². The second-order valence-corrected chi connectivity index (χ2v) is 9.52. The topological polar surface area (TPSA) is 35.5 Å². The fourth-order valence-electron chi connectivity index (χ4n) is 4.49. The van der Waals surface area contributed by atoms with Crippen LogP contribution in [0.15, 0.2) is 48.5 Å². The van der Waals surface area contributed by atoms with E-state index in [0.29, 0.717) is 29.8 Å². The van der Waals surface area contributed by atoms with Gasteiger partial charge in [-0.05, 0) is 85.4 Å². The first-order valence-corrected chi connectivity index (χ1v) is 12.6. The van der Waals surface area contributed by atoms with Gasteiger partial charge in [0.2, 0.25) is 0 Å². The highest BCUT2D eigenvalue weighted by Crippen LogP contribution is 2.38. The molecule has 0 radical (unpaired) electrons. The number of ether oxygens (including phenoxy) is 2. The number of esters is 1. The molecule has 3 rings (SSSR count). The molecule has 0 aromatic heterocycles. The Morgan fingerprint density at radius 2 is 1.56 bits per heavy atom. The zero-order valence-corrected chi connectivity index (χ0v) is 20.1. The summed E-state index contributed by atoms with van der Waals surface area (Å²) in [5.41, 5.74) is 1.91. The first-order chi connectivity index (χ1) is 15.6. The maximum atomic E-state index is 12.5. The Labute approximate surface area is 194 Å². The fraction of sp³-hybridized carbons (Fsp3) is 0.552. The molecule has 32 heavy (non-hydrogen) atoms. The van der Waals surface area contributed by atoms with E-state index in [0.717, 1.165) is 18.1 Å². The number of hydrogen-bond acceptors (Lipinski definition) is 3. The molecule has 1 saturated carbocycles. The predicted molar refractivity (Wildman–Crippen MR) is 132 cm³/mol. The molecule has 1 aliphatic carbocycles. The standard InChI is InChI=1S/C29H40O3/c1-4-6-7-8-23-9-11-24(12-10-23)25-13-19-28(20-14-25)32-29(30)26-15-17-27(18-16-26)31-21-22(3)5-2/h13-20,22-24H,4-12,21H2,1-3H3. The van der Waals surface area contributed by atoms with Gasteiger partial charge in [0.25, 0.3) is 0 Å². The molecule has 0 saturated heterocycles. The summed E-state index contributed by atoms with van der Waals surface area (Å²) in [4.78, 5) is 12.5. The van der Waals surface area contributed by atoms with Crippen LogP contribution in [0.3, 0.4) is 0 Å². The SMILES string of the molecule is CCCCCC1CCC(c2ccc(OC(=O)c3ccc(OCC(C)CC)cc3)cc2)CC1. The molecule has 1 unspecified atom stereocenters. The molecule has 0 heterocycles. The smallest absolute Gasteiger partial charge is 0.343 e. The van der Waals surface area contributed by atoms with Gasteiger partial charge in [-0.3, -0.25) is 0 Å². The van der Waals surface area contributed by atoms with Crippen LogP contribution in [0.25, 0.3) is 0 Å². The summed E-state index contributed by atoms with van der Waals surface area (Å²) in [6.45, 7) is 7.28. The third-order valence-electron chi connectivity index (χ3n) is 6.95. The number of hydrogen-bond donors (Lipinski definition) is 0. The van der Waals surface area contributed by atoms with Crippen LogP contribution < -0.4 is 9.47 Å². The Balaban J connectivity index is 1.46. The minimum Gasteiger partial charge on any atom is -0.493 e. The van der Waals surface area contributed by atoms with Crippen molar-refractivity contribution in [3.05, 3.63) is 59.7 Å². The fourth-order valence-corrected chi connectivity index (χ4v) is 4.49. The lowest BCUT2D eigenvalue weighted by Crippen LogP contribution is -2.13. The van der Waals surface area contributed by atoms with Gasteiger partial charge >= 0.3 is 5.97 Å². The number of carbonyl (C=O) groups excluding carboxylic acids is 1. The number of benzene rings is 2. The zero-order chi connectivity index (χ0) is 22.8. The van der Waals surface area contributed by atoms with Crippen molar-refractivity contribution in [2.24, 2.45) is 11.8 Å². The Morgan fingerprint density at radius 3 is 2.19 bits per heavy atom. The van der Waals surface area contributed by atoms with E-state index in [1.54, 1.807) is 12.1 Å². The minimum atomic E-state index is -0.334. The Bertz CT molecular complexity index is 801. The average Bonchev–Trinajstić information content (AvgIpc) is 2.84. The van der Waals surface area contributed by atoms with Crippen LogP contribution >= 0.6 is 0 Å². The van der Waals surface area contributed by atoms with Crippen LogP contribution in [0, 0.1) is 11.8 Å². The van der Waals surface area contributed by atoms with Crippen molar-refractivity contribution in [2.45, 2.75) is 84.5 Å². The van der Waals surface area contributed by atoms with Crippen molar-refractivity contribution in [2.75, 3.05) is 6.61 Å². The average molecular weight is 437 g/mol. The normalized spacial score (nSPS) is 19.3. The summed E-state index contributed by atoms with van der Waals surface area (Å²) in [5.74, 6) is 3.13. The zero-order valence-electron chi connectivity index (χ0n) is 20.1. The summed E-state index contributed by atoms with van der Waals surface area (Å²) in [6.07, 6.45) is 11.8. The van der Waals surface area contributed by atoms with Gasteiger partial charge in [0.1, 0.15) is 11.5 Å². The molecule has 0 N–H and O–H groups in total. The van der Waals surface area contributed by atoms with Gasteiger partial charge in [0.15, 0.2) is 0 Å². The molecule has 3 heteroatoms. The van der Waals surface area contributed by atoms with Crippen LogP contribution in [-0.4, -0.2) is 12.6 Å². The van der Waals surface area contributed by atoms with Crippen molar-refractivity contribution < 1.29 is 14.3 Å². The largest absolute Gasteiger partial charge is 0.493 e. The molecule has 1 fully saturated rings. The number of rotatable bonds is 11. The van der Waals surface area contributed by atoms with Crippen LogP contribution in [0.4, 0.5) is 0 Å². The highest BCUT2D eigenvalue weighted by Gasteiger charge is 2.22. The number of unbranched alkanes of at least 4 members (excludes halogenated alkanes) is 2. The molecule has 0 aliphatic heterocycles. The van der Waals surface area contributed by atoms with E-state index >= 15 is 0 Å². The first-order valence-electron chi connectivity index (χ1n) is 12.6. The third kappa shape index (κ3) is 7.39. The summed E-state index contributed by atoms with van der Waals surface area (Å²) in [6, 6.07) is 15.3. The molecule has 174 valence electrons. The lowest BCUT2D eigenvalue weighted by atomic mass is 9.77. The molecule has 0 amide bonds. The summed E-state index contributed by atoms with van der Waals surface area (Å²) < 4.78 is 11.4. The molecule has 0 bridgehead atoms. The highest BCUT2D eigenvalue weighted by atomic mass is 16.5. The van der Waals surface area contributed by atoms with Gasteiger partial charge in [-0.2, -0.15) is 0 Å². The van der Waals surface area contributed by atoms with Crippen LogP contribution in [-0.2, 0) is 0 Å². The third-order valence-corrected chi connectivity index (χ3v) is 6.95. The van der Waals surface area contributed by atoms with Gasteiger partial charge < -0.3 is 9.47 Å². The van der Waals surface area contributed by atoms with E-state index in [1.807, 2.05) is 24.3 Å². The number of carbonyl (C=O) groups is 1. The molecule has 1 aliphatic rings. The second kappa shape index (κ2) is 12.7.